The molecule has 6 rings (SSSR count). The first kappa shape index (κ1) is 21.4. The number of hydrogen-bond donors (Lipinski definition) is 1. The molecule has 35 heavy (non-hydrogen) atoms. The van der Waals surface area contributed by atoms with Gasteiger partial charge >= 0.3 is 0 Å². The molecule has 4 aromatic rings. The summed E-state index contributed by atoms with van der Waals surface area (Å²) in [6.45, 7) is 4.00. The van der Waals surface area contributed by atoms with Gasteiger partial charge in [0.2, 0.25) is 6.17 Å². The number of aliphatic imine (C=N–C) groups is 1. The highest BCUT2D eigenvalue weighted by molar-refractivity contribution is 6.20. The van der Waals surface area contributed by atoms with Gasteiger partial charge in [0.15, 0.2) is 0 Å². The molecule has 1 atom stereocenters. The molecule has 1 unspecified atom stereocenters. The minimum Gasteiger partial charge on any atom is -0.392 e. The molecule has 0 saturated heterocycles. The molecule has 3 heterocycles. The smallest absolute Gasteiger partial charge is 0.272 e. The van der Waals surface area contributed by atoms with Crippen LogP contribution in [-0.4, -0.2) is 32.8 Å². The van der Waals surface area contributed by atoms with Crippen molar-refractivity contribution in [3.63, 3.8) is 0 Å². The van der Waals surface area contributed by atoms with E-state index in [1.165, 1.54) is 4.57 Å². The van der Waals surface area contributed by atoms with Gasteiger partial charge in [0.05, 0.1) is 28.9 Å². The highest BCUT2D eigenvalue weighted by Gasteiger charge is 2.38. The summed E-state index contributed by atoms with van der Waals surface area (Å²) in [6, 6.07) is 19.2. The van der Waals surface area contributed by atoms with Crippen molar-refractivity contribution in [1.29, 1.82) is 0 Å². The number of hydrogen-bond acceptors (Lipinski definition) is 5. The summed E-state index contributed by atoms with van der Waals surface area (Å²) in [5.41, 5.74) is 6.13. The lowest BCUT2D eigenvalue weighted by molar-refractivity contribution is -0.121. The number of amides is 1. The second-order valence-corrected chi connectivity index (χ2v) is 9.08. The van der Waals surface area contributed by atoms with Crippen LogP contribution in [-0.2, 0) is 17.8 Å². The Morgan fingerprint density at radius 3 is 2.60 bits per heavy atom. The van der Waals surface area contributed by atoms with E-state index >= 15 is 0 Å². The zero-order chi connectivity index (χ0) is 24.3. The monoisotopic (exact) mass is 464 g/mol. The molecule has 0 fully saturated rings. The van der Waals surface area contributed by atoms with E-state index in [4.69, 9.17) is 4.99 Å². The summed E-state index contributed by atoms with van der Waals surface area (Å²) in [6.07, 6.45) is -0.358. The quantitative estimate of drug-likeness (QED) is 0.503. The number of aromatic nitrogens is 2. The van der Waals surface area contributed by atoms with Gasteiger partial charge in [-0.05, 0) is 43.5 Å². The minimum atomic E-state index is -1.11. The molecule has 1 aromatic heterocycles. The topological polar surface area (TPSA) is 87.8 Å². The van der Waals surface area contributed by atoms with Gasteiger partial charge < -0.3 is 10.0 Å². The fraction of sp³-hybridized carbons (Fsp3) is 0.214. The fourth-order valence-corrected chi connectivity index (χ4v) is 5.33. The maximum atomic E-state index is 14.0. The van der Waals surface area contributed by atoms with E-state index in [0.29, 0.717) is 34.5 Å². The summed E-state index contributed by atoms with van der Waals surface area (Å²) < 4.78 is 1.38. The van der Waals surface area contributed by atoms with Crippen LogP contribution in [0, 0.1) is 13.8 Å². The lowest BCUT2D eigenvalue weighted by Crippen LogP contribution is -2.40. The highest BCUT2D eigenvalue weighted by atomic mass is 16.3. The zero-order valence-electron chi connectivity index (χ0n) is 19.5. The van der Waals surface area contributed by atoms with E-state index in [0.717, 1.165) is 34.4 Å². The average molecular weight is 465 g/mol. The molecule has 0 spiro atoms. The van der Waals surface area contributed by atoms with Crippen molar-refractivity contribution in [3.8, 4) is 0 Å². The summed E-state index contributed by atoms with van der Waals surface area (Å²) in [7, 11) is 0. The standard InChI is InChI=1S/C28H24N4O3/c1-16-13-19-11-12-31-25(19)21(14-16)24(18-7-4-3-5-8-18)30-26(28(31)35)32-17(2)29-22-10-6-9-20(15-33)23(22)27(32)34/h3-10,13-14,26,33H,11-12,15H2,1-2H3. The molecular weight excluding hydrogens is 440 g/mol. The molecule has 7 nitrogen and oxygen atoms in total. The molecular formula is C28H24N4O3. The number of aliphatic hydroxyl groups is 1. The van der Waals surface area contributed by atoms with Crippen molar-refractivity contribution >= 4 is 28.2 Å². The Hall–Kier alpha value is -4.10. The molecule has 0 saturated carbocycles. The van der Waals surface area contributed by atoms with Gasteiger partial charge in [-0.2, -0.15) is 0 Å². The molecule has 0 bridgehead atoms. The maximum absolute atomic E-state index is 14.0. The number of fused-ring (bicyclic) bond motifs is 1. The lowest BCUT2D eigenvalue weighted by Gasteiger charge is -2.23. The number of rotatable bonds is 3. The Morgan fingerprint density at radius 1 is 1.03 bits per heavy atom. The molecule has 1 N–H and O–H groups in total. The third kappa shape index (κ3) is 3.23. The predicted octanol–water partition coefficient (Wildman–Crippen LogP) is 3.44. The van der Waals surface area contributed by atoms with Crippen LogP contribution in [0.25, 0.3) is 10.9 Å². The Bertz CT molecular complexity index is 1600. The third-order valence-corrected chi connectivity index (χ3v) is 6.86. The summed E-state index contributed by atoms with van der Waals surface area (Å²) in [5.74, 6) is 0.140. The van der Waals surface area contributed by atoms with E-state index in [1.54, 1.807) is 30.0 Å². The van der Waals surface area contributed by atoms with E-state index in [9.17, 15) is 14.7 Å². The van der Waals surface area contributed by atoms with Crippen molar-refractivity contribution in [1.82, 2.24) is 9.55 Å². The second kappa shape index (κ2) is 7.99. The maximum Gasteiger partial charge on any atom is 0.272 e. The first-order valence-corrected chi connectivity index (χ1v) is 11.7. The normalized spacial score (nSPS) is 16.9. The van der Waals surface area contributed by atoms with E-state index < -0.39 is 6.17 Å². The predicted molar refractivity (Wildman–Crippen MR) is 135 cm³/mol. The Morgan fingerprint density at radius 2 is 1.83 bits per heavy atom. The van der Waals surface area contributed by atoms with Crippen LogP contribution in [0.5, 0.6) is 0 Å². The Labute approximate surface area is 202 Å². The van der Waals surface area contributed by atoms with E-state index in [2.05, 4.69) is 17.1 Å². The van der Waals surface area contributed by atoms with Gasteiger partial charge in [0.1, 0.15) is 5.82 Å². The van der Waals surface area contributed by atoms with Crippen molar-refractivity contribution in [2.24, 2.45) is 4.99 Å². The zero-order valence-corrected chi connectivity index (χ0v) is 19.5. The molecule has 174 valence electrons. The molecule has 2 aliphatic rings. The number of anilines is 1. The molecule has 0 aliphatic carbocycles. The van der Waals surface area contributed by atoms with Crippen LogP contribution in [0.4, 0.5) is 5.69 Å². The largest absolute Gasteiger partial charge is 0.392 e. The van der Waals surface area contributed by atoms with Gasteiger partial charge in [-0.25, -0.2) is 9.98 Å². The molecule has 3 aromatic carbocycles. The van der Waals surface area contributed by atoms with E-state index in [-0.39, 0.29) is 18.1 Å². The van der Waals surface area contributed by atoms with Crippen LogP contribution in [0.3, 0.4) is 0 Å². The van der Waals surface area contributed by atoms with Gasteiger partial charge in [-0.3, -0.25) is 14.2 Å². The lowest BCUT2D eigenvalue weighted by atomic mass is 9.96. The average Bonchev–Trinajstić information content (AvgIpc) is 3.24. The molecule has 0 radical (unpaired) electrons. The fourth-order valence-electron chi connectivity index (χ4n) is 5.33. The summed E-state index contributed by atoms with van der Waals surface area (Å²) in [5, 5.41) is 10.2. The Kier molecular flexibility index (Phi) is 4.89. The molecule has 7 heteroatoms. The van der Waals surface area contributed by atoms with Crippen molar-refractivity contribution in [3.05, 3.63) is 105 Å². The molecule has 2 aliphatic heterocycles. The van der Waals surface area contributed by atoms with Gasteiger partial charge in [0, 0.05) is 17.7 Å². The van der Waals surface area contributed by atoms with Crippen LogP contribution in [0.2, 0.25) is 0 Å². The number of carbonyl (C=O) groups excluding carboxylic acids is 1. The number of carbonyl (C=O) groups is 1. The van der Waals surface area contributed by atoms with Crippen molar-refractivity contribution in [2.75, 3.05) is 11.4 Å². The van der Waals surface area contributed by atoms with Gasteiger partial charge in [-0.1, -0.05) is 54.1 Å². The van der Waals surface area contributed by atoms with Crippen LogP contribution in [0.1, 0.15) is 39.8 Å². The Balaban J connectivity index is 1.67. The third-order valence-electron chi connectivity index (χ3n) is 6.86. The van der Waals surface area contributed by atoms with E-state index in [1.807, 2.05) is 37.3 Å². The number of benzene rings is 3. The van der Waals surface area contributed by atoms with Crippen LogP contribution < -0.4 is 10.5 Å². The minimum absolute atomic E-state index is 0.257. The van der Waals surface area contributed by atoms with Crippen LogP contribution in [0.15, 0.2) is 70.5 Å². The van der Waals surface area contributed by atoms with Crippen molar-refractivity contribution in [2.45, 2.75) is 33.0 Å². The first-order valence-electron chi connectivity index (χ1n) is 11.7. The van der Waals surface area contributed by atoms with Crippen LogP contribution >= 0.6 is 0 Å². The van der Waals surface area contributed by atoms with Crippen molar-refractivity contribution < 1.29 is 9.90 Å². The summed E-state index contributed by atoms with van der Waals surface area (Å²) >= 11 is 0. The summed E-state index contributed by atoms with van der Waals surface area (Å²) in [4.78, 5) is 39.2. The van der Waals surface area contributed by atoms with Gasteiger partial charge in [0.25, 0.3) is 11.5 Å². The number of aliphatic hydroxyl groups excluding tert-OH is 1. The SMILES string of the molecule is Cc1cc2c3c(c1)C(c1ccccc1)=NC(n1c(C)nc4cccc(CO)c4c1=O)C(=O)N3CC2. The highest BCUT2D eigenvalue weighted by Crippen LogP contribution is 2.39. The first-order chi connectivity index (χ1) is 17.0. The molecule has 1 amide bonds. The van der Waals surface area contributed by atoms with Gasteiger partial charge in [-0.15, -0.1) is 0 Å². The second-order valence-electron chi connectivity index (χ2n) is 9.08. The number of nitrogens with zero attached hydrogens (tertiary/aromatic N) is 4. The number of aryl methyl sites for hydroxylation is 2.